The lowest BCUT2D eigenvalue weighted by molar-refractivity contribution is -0.385. The van der Waals surface area contributed by atoms with Crippen molar-refractivity contribution < 1.29 is 18.1 Å². The lowest BCUT2D eigenvalue weighted by atomic mass is 10.1. The van der Waals surface area contributed by atoms with Crippen LogP contribution in [0.3, 0.4) is 0 Å². The number of carbonyl (C=O) groups excluding carboxylic acids is 1. The zero-order valence-corrected chi connectivity index (χ0v) is 16.2. The quantitative estimate of drug-likeness (QED) is 0.301. The molecule has 0 unspecified atom stereocenters. The third-order valence-electron chi connectivity index (χ3n) is 3.60. The van der Waals surface area contributed by atoms with Gasteiger partial charge in [-0.15, -0.1) is 0 Å². The number of allylic oxidation sites excluding steroid dienone is 1. The van der Waals surface area contributed by atoms with Crippen LogP contribution in [0.1, 0.15) is 15.9 Å². The van der Waals surface area contributed by atoms with Crippen molar-refractivity contribution in [1.82, 2.24) is 4.90 Å². The summed E-state index contributed by atoms with van der Waals surface area (Å²) >= 11 is 5.76. The van der Waals surface area contributed by atoms with E-state index in [1.807, 2.05) is 0 Å². The molecule has 0 spiro atoms. The standard InChI is InChI=1S/C18H17ClN2O5S/c1-20(2)10-9-18(22)13-3-8-17(21(23)24)14(11-13)12-27(25,26)16-6-4-15(19)5-7-16/h3-11H,12H2,1-2H3. The summed E-state index contributed by atoms with van der Waals surface area (Å²) in [6.45, 7) is 0. The molecule has 0 aliphatic rings. The van der Waals surface area contributed by atoms with E-state index in [0.717, 1.165) is 6.07 Å². The smallest absolute Gasteiger partial charge is 0.273 e. The Bertz CT molecular complexity index is 999. The van der Waals surface area contributed by atoms with Crippen molar-refractivity contribution in [1.29, 1.82) is 0 Å². The van der Waals surface area contributed by atoms with Crippen LogP contribution in [-0.2, 0) is 15.6 Å². The number of benzene rings is 2. The third kappa shape index (κ3) is 5.38. The van der Waals surface area contributed by atoms with E-state index >= 15 is 0 Å². The molecular weight excluding hydrogens is 392 g/mol. The number of hydrogen-bond acceptors (Lipinski definition) is 6. The highest BCUT2D eigenvalue weighted by molar-refractivity contribution is 7.90. The Balaban J connectivity index is 2.44. The van der Waals surface area contributed by atoms with Crippen molar-refractivity contribution in [3.63, 3.8) is 0 Å². The predicted octanol–water partition coefficient (Wildman–Crippen LogP) is 3.48. The molecule has 142 valence electrons. The largest absolute Gasteiger partial charge is 0.383 e. The number of carbonyl (C=O) groups is 1. The van der Waals surface area contributed by atoms with E-state index in [1.165, 1.54) is 48.7 Å². The summed E-state index contributed by atoms with van der Waals surface area (Å²) in [5.41, 5.74) is -0.250. The van der Waals surface area contributed by atoms with Gasteiger partial charge in [0.2, 0.25) is 0 Å². The van der Waals surface area contributed by atoms with E-state index in [-0.39, 0.29) is 27.5 Å². The molecule has 0 bridgehead atoms. The maximum atomic E-state index is 12.6. The Morgan fingerprint density at radius 3 is 2.37 bits per heavy atom. The van der Waals surface area contributed by atoms with Crippen LogP contribution in [0.15, 0.2) is 59.6 Å². The van der Waals surface area contributed by atoms with E-state index in [9.17, 15) is 23.3 Å². The molecule has 7 nitrogen and oxygen atoms in total. The number of nitro groups is 1. The molecule has 0 N–H and O–H groups in total. The number of nitrogens with zero attached hydrogens (tertiary/aromatic N) is 2. The minimum Gasteiger partial charge on any atom is -0.383 e. The third-order valence-corrected chi connectivity index (χ3v) is 5.54. The van der Waals surface area contributed by atoms with E-state index in [2.05, 4.69) is 0 Å². The van der Waals surface area contributed by atoms with Crippen LogP contribution in [0.25, 0.3) is 0 Å². The number of nitro benzene ring substituents is 1. The second-order valence-corrected chi connectivity index (χ2v) is 8.38. The molecule has 2 aromatic rings. The van der Waals surface area contributed by atoms with Crippen molar-refractivity contribution >= 4 is 32.9 Å². The van der Waals surface area contributed by atoms with E-state index in [4.69, 9.17) is 11.6 Å². The molecule has 0 radical (unpaired) electrons. The van der Waals surface area contributed by atoms with Gasteiger partial charge in [0.15, 0.2) is 15.6 Å². The average Bonchev–Trinajstić information content (AvgIpc) is 2.59. The summed E-state index contributed by atoms with van der Waals surface area (Å²) in [4.78, 5) is 24.5. The first-order valence-electron chi connectivity index (χ1n) is 7.75. The zero-order chi connectivity index (χ0) is 20.2. The molecule has 0 saturated heterocycles. The first kappa shape index (κ1) is 20.6. The lowest BCUT2D eigenvalue weighted by Crippen LogP contribution is -2.09. The first-order chi connectivity index (χ1) is 12.6. The Hall–Kier alpha value is -2.71. The van der Waals surface area contributed by atoms with Gasteiger partial charge in [-0.3, -0.25) is 14.9 Å². The van der Waals surface area contributed by atoms with Gasteiger partial charge in [-0.2, -0.15) is 0 Å². The second kappa shape index (κ2) is 8.32. The van der Waals surface area contributed by atoms with Crippen molar-refractivity contribution in [3.05, 3.63) is 81.0 Å². The van der Waals surface area contributed by atoms with Gasteiger partial charge in [0.25, 0.3) is 5.69 Å². The fourth-order valence-corrected chi connectivity index (χ4v) is 3.76. The van der Waals surface area contributed by atoms with Gasteiger partial charge in [-0.25, -0.2) is 8.42 Å². The Kier molecular flexibility index (Phi) is 6.35. The van der Waals surface area contributed by atoms with Crippen molar-refractivity contribution in [3.8, 4) is 0 Å². The number of halogens is 1. The van der Waals surface area contributed by atoms with Gasteiger partial charge in [0, 0.05) is 48.6 Å². The summed E-state index contributed by atoms with van der Waals surface area (Å²) in [6.07, 6.45) is 2.84. The zero-order valence-electron chi connectivity index (χ0n) is 14.6. The lowest BCUT2D eigenvalue weighted by Gasteiger charge is -2.08. The molecule has 9 heteroatoms. The molecule has 2 aromatic carbocycles. The van der Waals surface area contributed by atoms with Crippen LogP contribution >= 0.6 is 11.6 Å². The molecule has 0 aliphatic heterocycles. The number of rotatable bonds is 7. The highest BCUT2D eigenvalue weighted by atomic mass is 35.5. The van der Waals surface area contributed by atoms with E-state index in [1.54, 1.807) is 19.0 Å². The molecule has 0 saturated carbocycles. The number of ketones is 1. The van der Waals surface area contributed by atoms with Gasteiger partial charge in [-0.05, 0) is 36.4 Å². The van der Waals surface area contributed by atoms with Crippen LogP contribution in [0.2, 0.25) is 5.02 Å². The van der Waals surface area contributed by atoms with E-state index < -0.39 is 20.5 Å². The van der Waals surface area contributed by atoms with Crippen LogP contribution in [0.5, 0.6) is 0 Å². The average molecular weight is 409 g/mol. The van der Waals surface area contributed by atoms with Crippen LogP contribution < -0.4 is 0 Å². The van der Waals surface area contributed by atoms with Crippen LogP contribution in [0.4, 0.5) is 5.69 Å². The molecule has 0 aromatic heterocycles. The fraction of sp³-hybridized carbons (Fsp3) is 0.167. The van der Waals surface area contributed by atoms with Gasteiger partial charge in [0.05, 0.1) is 15.6 Å². The van der Waals surface area contributed by atoms with Crippen molar-refractivity contribution in [2.45, 2.75) is 10.6 Å². The summed E-state index contributed by atoms with van der Waals surface area (Å²) in [5, 5.41) is 11.6. The summed E-state index contributed by atoms with van der Waals surface area (Å²) in [6, 6.07) is 9.20. The highest BCUT2D eigenvalue weighted by Gasteiger charge is 2.23. The minimum absolute atomic E-state index is 0.00886. The van der Waals surface area contributed by atoms with Crippen molar-refractivity contribution in [2.75, 3.05) is 14.1 Å². The Labute approximate surface area is 161 Å². The van der Waals surface area contributed by atoms with Gasteiger partial charge in [0.1, 0.15) is 0 Å². The van der Waals surface area contributed by atoms with Gasteiger partial charge >= 0.3 is 0 Å². The minimum atomic E-state index is -3.85. The molecular formula is C18H17ClN2O5S. The highest BCUT2D eigenvalue weighted by Crippen LogP contribution is 2.26. The van der Waals surface area contributed by atoms with Crippen LogP contribution in [-0.4, -0.2) is 38.1 Å². The monoisotopic (exact) mass is 408 g/mol. The fourth-order valence-electron chi connectivity index (χ4n) is 2.28. The molecule has 0 aliphatic carbocycles. The first-order valence-corrected chi connectivity index (χ1v) is 9.78. The molecule has 27 heavy (non-hydrogen) atoms. The van der Waals surface area contributed by atoms with Crippen LogP contribution in [0, 0.1) is 10.1 Å². The molecule has 0 heterocycles. The van der Waals surface area contributed by atoms with E-state index in [0.29, 0.717) is 5.02 Å². The van der Waals surface area contributed by atoms with Gasteiger partial charge < -0.3 is 4.90 Å². The predicted molar refractivity (Wildman–Crippen MR) is 103 cm³/mol. The number of hydrogen-bond donors (Lipinski definition) is 0. The Morgan fingerprint density at radius 1 is 1.19 bits per heavy atom. The SMILES string of the molecule is CN(C)C=CC(=O)c1ccc([N+](=O)[O-])c(CS(=O)(=O)c2ccc(Cl)cc2)c1. The maximum absolute atomic E-state index is 12.6. The summed E-state index contributed by atoms with van der Waals surface area (Å²) in [5.74, 6) is -0.993. The normalized spacial score (nSPS) is 11.5. The topological polar surface area (TPSA) is 97.6 Å². The molecule has 2 rings (SSSR count). The second-order valence-electron chi connectivity index (χ2n) is 5.96. The Morgan fingerprint density at radius 2 is 1.81 bits per heavy atom. The summed E-state index contributed by atoms with van der Waals surface area (Å²) < 4.78 is 25.2. The molecule has 0 amide bonds. The van der Waals surface area contributed by atoms with Gasteiger partial charge in [-0.1, -0.05) is 11.6 Å². The summed E-state index contributed by atoms with van der Waals surface area (Å²) in [7, 11) is -0.375. The number of sulfone groups is 1. The maximum Gasteiger partial charge on any atom is 0.273 e. The molecule has 0 atom stereocenters. The van der Waals surface area contributed by atoms with Crippen molar-refractivity contribution in [2.24, 2.45) is 0 Å². The molecule has 0 fully saturated rings.